The summed E-state index contributed by atoms with van der Waals surface area (Å²) < 4.78 is 0. The number of nitro groups is 1. The molecular formula is C12H16N4O3. The van der Waals surface area contributed by atoms with E-state index in [-0.39, 0.29) is 29.5 Å². The second kappa shape index (κ2) is 5.21. The number of pyridine rings is 1. The van der Waals surface area contributed by atoms with Crippen LogP contribution >= 0.6 is 0 Å². The third-order valence-corrected chi connectivity index (χ3v) is 3.11. The normalized spacial score (nSPS) is 19.0. The van der Waals surface area contributed by atoms with Crippen LogP contribution in [0.25, 0.3) is 0 Å². The molecule has 1 aliphatic rings. The van der Waals surface area contributed by atoms with E-state index < -0.39 is 4.92 Å². The molecular weight excluding hydrogens is 248 g/mol. The van der Waals surface area contributed by atoms with E-state index in [0.717, 1.165) is 0 Å². The van der Waals surface area contributed by atoms with Crippen LogP contribution in [-0.4, -0.2) is 39.3 Å². The molecule has 1 aromatic rings. The Balaban J connectivity index is 2.11. The van der Waals surface area contributed by atoms with Gasteiger partial charge in [-0.25, -0.2) is 4.98 Å². The summed E-state index contributed by atoms with van der Waals surface area (Å²) in [6, 6.07) is 2.91. The van der Waals surface area contributed by atoms with E-state index in [9.17, 15) is 14.9 Å². The lowest BCUT2D eigenvalue weighted by Gasteiger charge is -2.21. The summed E-state index contributed by atoms with van der Waals surface area (Å²) in [6.07, 6.45) is 1.83. The van der Waals surface area contributed by atoms with Crippen LogP contribution in [0.5, 0.6) is 0 Å². The molecule has 1 amide bonds. The number of nitrogens with one attached hydrogen (secondary N) is 1. The number of nitrogens with zero attached hydrogens (tertiary/aromatic N) is 3. The molecule has 1 N–H and O–H groups in total. The third-order valence-electron chi connectivity index (χ3n) is 3.11. The molecule has 2 heterocycles. The van der Waals surface area contributed by atoms with Crippen LogP contribution in [0.4, 0.5) is 11.5 Å². The van der Waals surface area contributed by atoms with Crippen LogP contribution in [0.1, 0.15) is 20.3 Å². The van der Waals surface area contributed by atoms with Crippen LogP contribution in [0.2, 0.25) is 0 Å². The lowest BCUT2D eigenvalue weighted by Crippen LogP contribution is -2.33. The molecule has 0 bridgehead atoms. The zero-order chi connectivity index (χ0) is 14.0. The van der Waals surface area contributed by atoms with Gasteiger partial charge in [-0.15, -0.1) is 0 Å². The maximum Gasteiger partial charge on any atom is 0.311 e. The van der Waals surface area contributed by atoms with Crippen molar-refractivity contribution < 1.29 is 9.72 Å². The summed E-state index contributed by atoms with van der Waals surface area (Å²) in [7, 11) is 0. The molecule has 0 unspecified atom stereocenters. The van der Waals surface area contributed by atoms with Crippen LogP contribution in [0.15, 0.2) is 18.3 Å². The number of rotatable bonds is 4. The molecule has 1 fully saturated rings. The van der Waals surface area contributed by atoms with Crippen molar-refractivity contribution in [1.29, 1.82) is 0 Å². The van der Waals surface area contributed by atoms with Crippen molar-refractivity contribution in [1.82, 2.24) is 9.88 Å². The highest BCUT2D eigenvalue weighted by Gasteiger charge is 2.32. The van der Waals surface area contributed by atoms with Gasteiger partial charge in [-0.1, -0.05) is 0 Å². The number of aromatic nitrogens is 1. The number of likely N-dealkylation sites (tertiary alicyclic amines) is 1. The zero-order valence-electron chi connectivity index (χ0n) is 10.9. The first-order valence-corrected chi connectivity index (χ1v) is 6.14. The van der Waals surface area contributed by atoms with Gasteiger partial charge in [0.15, 0.2) is 0 Å². The summed E-state index contributed by atoms with van der Waals surface area (Å²) in [6.45, 7) is 4.44. The number of amides is 1. The lowest BCUT2D eigenvalue weighted by molar-refractivity contribution is -0.384. The molecule has 0 aromatic carbocycles. The molecule has 7 heteroatoms. The number of anilines is 1. The Labute approximate surface area is 110 Å². The average molecular weight is 264 g/mol. The van der Waals surface area contributed by atoms with Gasteiger partial charge in [0.05, 0.1) is 11.0 Å². The van der Waals surface area contributed by atoms with Crippen LogP contribution in [0, 0.1) is 10.1 Å². The molecule has 0 radical (unpaired) electrons. The predicted molar refractivity (Wildman–Crippen MR) is 69.8 cm³/mol. The Morgan fingerprint density at radius 1 is 1.58 bits per heavy atom. The van der Waals surface area contributed by atoms with Gasteiger partial charge in [-0.2, -0.15) is 0 Å². The van der Waals surface area contributed by atoms with Crippen molar-refractivity contribution in [2.45, 2.75) is 32.4 Å². The van der Waals surface area contributed by atoms with Crippen molar-refractivity contribution in [2.24, 2.45) is 0 Å². The van der Waals surface area contributed by atoms with E-state index in [1.54, 1.807) is 4.90 Å². The van der Waals surface area contributed by atoms with Gasteiger partial charge in [0, 0.05) is 31.3 Å². The number of hydrogen-bond donors (Lipinski definition) is 1. The highest BCUT2D eigenvalue weighted by molar-refractivity contribution is 5.80. The molecule has 1 aromatic heterocycles. The van der Waals surface area contributed by atoms with Gasteiger partial charge >= 0.3 is 5.69 Å². The minimum atomic E-state index is -0.480. The standard InChI is InChI=1S/C12H16N4O3/c1-8(2)15-7-9(6-11(15)17)14-12-10(16(18)19)4-3-5-13-12/h3-5,8-9H,6-7H2,1-2H3,(H,13,14)/t9-/m1/s1. The SMILES string of the molecule is CC(C)N1C[C@H](Nc2ncccc2[N+](=O)[O-])CC1=O. The van der Waals surface area contributed by atoms with E-state index in [1.807, 2.05) is 13.8 Å². The van der Waals surface area contributed by atoms with Gasteiger partial charge in [0.1, 0.15) is 0 Å². The van der Waals surface area contributed by atoms with E-state index in [1.165, 1.54) is 18.3 Å². The van der Waals surface area contributed by atoms with Crippen LogP contribution in [0.3, 0.4) is 0 Å². The first-order chi connectivity index (χ1) is 8.99. The fourth-order valence-electron chi connectivity index (χ4n) is 2.18. The largest absolute Gasteiger partial charge is 0.359 e. The fourth-order valence-corrected chi connectivity index (χ4v) is 2.18. The van der Waals surface area contributed by atoms with Crippen molar-refractivity contribution in [3.63, 3.8) is 0 Å². The quantitative estimate of drug-likeness (QED) is 0.656. The van der Waals surface area contributed by atoms with Crippen LogP contribution in [-0.2, 0) is 4.79 Å². The maximum atomic E-state index is 11.8. The molecule has 2 rings (SSSR count). The molecule has 19 heavy (non-hydrogen) atoms. The van der Waals surface area contributed by atoms with Crippen molar-refractivity contribution in [3.05, 3.63) is 28.4 Å². The number of carbonyl (C=O) groups is 1. The highest BCUT2D eigenvalue weighted by Crippen LogP contribution is 2.24. The van der Waals surface area contributed by atoms with E-state index in [0.29, 0.717) is 13.0 Å². The fraction of sp³-hybridized carbons (Fsp3) is 0.500. The Morgan fingerprint density at radius 2 is 2.32 bits per heavy atom. The minimum Gasteiger partial charge on any atom is -0.359 e. The van der Waals surface area contributed by atoms with Gasteiger partial charge in [-0.05, 0) is 19.9 Å². The van der Waals surface area contributed by atoms with Crippen molar-refractivity contribution in [2.75, 3.05) is 11.9 Å². The van der Waals surface area contributed by atoms with E-state index >= 15 is 0 Å². The van der Waals surface area contributed by atoms with Gasteiger partial charge in [-0.3, -0.25) is 14.9 Å². The highest BCUT2D eigenvalue weighted by atomic mass is 16.6. The first-order valence-electron chi connectivity index (χ1n) is 6.14. The van der Waals surface area contributed by atoms with Crippen molar-refractivity contribution >= 4 is 17.4 Å². The monoisotopic (exact) mass is 264 g/mol. The molecule has 1 saturated heterocycles. The molecule has 0 spiro atoms. The van der Waals surface area contributed by atoms with Gasteiger partial charge < -0.3 is 10.2 Å². The van der Waals surface area contributed by atoms with Gasteiger partial charge in [0.25, 0.3) is 0 Å². The molecule has 1 atom stereocenters. The Hall–Kier alpha value is -2.18. The average Bonchev–Trinajstić information content (AvgIpc) is 2.71. The summed E-state index contributed by atoms with van der Waals surface area (Å²) in [5, 5.41) is 13.9. The Kier molecular flexibility index (Phi) is 3.64. The van der Waals surface area contributed by atoms with Gasteiger partial charge in [0.2, 0.25) is 11.7 Å². The number of hydrogen-bond acceptors (Lipinski definition) is 5. The molecule has 0 saturated carbocycles. The molecule has 0 aliphatic carbocycles. The Morgan fingerprint density at radius 3 is 2.89 bits per heavy atom. The second-order valence-corrected chi connectivity index (χ2v) is 4.81. The minimum absolute atomic E-state index is 0.0612. The molecule has 102 valence electrons. The van der Waals surface area contributed by atoms with E-state index in [4.69, 9.17) is 0 Å². The number of carbonyl (C=O) groups excluding carboxylic acids is 1. The zero-order valence-corrected chi connectivity index (χ0v) is 10.9. The maximum absolute atomic E-state index is 11.8. The molecule has 1 aliphatic heterocycles. The Bertz CT molecular complexity index is 504. The van der Waals surface area contributed by atoms with Crippen LogP contribution < -0.4 is 5.32 Å². The molecule has 7 nitrogen and oxygen atoms in total. The smallest absolute Gasteiger partial charge is 0.311 e. The topological polar surface area (TPSA) is 88.4 Å². The lowest BCUT2D eigenvalue weighted by atomic mass is 10.2. The summed E-state index contributed by atoms with van der Waals surface area (Å²) in [5.41, 5.74) is -0.0713. The van der Waals surface area contributed by atoms with E-state index in [2.05, 4.69) is 10.3 Å². The summed E-state index contributed by atoms with van der Waals surface area (Å²) >= 11 is 0. The third kappa shape index (κ3) is 2.81. The predicted octanol–water partition coefficient (Wildman–Crippen LogP) is 1.41. The summed E-state index contributed by atoms with van der Waals surface area (Å²) in [5.74, 6) is 0.280. The van der Waals surface area contributed by atoms with Crippen molar-refractivity contribution in [3.8, 4) is 0 Å². The summed E-state index contributed by atoms with van der Waals surface area (Å²) in [4.78, 5) is 27.9. The second-order valence-electron chi connectivity index (χ2n) is 4.81. The first kappa shape index (κ1) is 13.3.